The number of carbonyl (C=O) groups excluding carboxylic acids is 2. The largest absolute Gasteiger partial charge is 0.477 e. The second kappa shape index (κ2) is 8.51. The third-order valence-electron chi connectivity index (χ3n) is 6.77. The number of fused-ring (bicyclic) bond motifs is 1. The summed E-state index contributed by atoms with van der Waals surface area (Å²) in [5, 5.41) is 21.6. The number of β-lactam (4-membered cyclic amide) rings is 1. The van der Waals surface area contributed by atoms with Crippen LogP contribution in [-0.2, 0) is 20.8 Å². The van der Waals surface area contributed by atoms with E-state index in [2.05, 4.69) is 15.6 Å². The molecule has 3 aliphatic rings. The van der Waals surface area contributed by atoms with Crippen LogP contribution in [-0.4, -0.2) is 85.7 Å². The number of aryl methyl sites for hydroxylation is 1. The van der Waals surface area contributed by atoms with E-state index in [1.807, 2.05) is 27.0 Å². The van der Waals surface area contributed by atoms with E-state index in [4.69, 9.17) is 0 Å². The van der Waals surface area contributed by atoms with Gasteiger partial charge in [-0.3, -0.25) is 9.59 Å². The first-order valence-corrected chi connectivity index (χ1v) is 11.9. The average Bonchev–Trinajstić information content (AvgIpc) is 3.46. The van der Waals surface area contributed by atoms with Gasteiger partial charge in [-0.05, 0) is 19.8 Å². The highest BCUT2D eigenvalue weighted by Gasteiger charge is 2.60. The smallest absolute Gasteiger partial charge is 0.353 e. The molecule has 1 aromatic heterocycles. The molecule has 0 spiro atoms. The fraction of sp³-hybridized carbons (Fsp3) is 0.667. The van der Waals surface area contributed by atoms with Crippen molar-refractivity contribution in [3.05, 3.63) is 22.5 Å². The summed E-state index contributed by atoms with van der Waals surface area (Å²) in [7, 11) is 3.45. The molecule has 2 saturated heterocycles. The molecule has 2 N–H and O–H groups in total. The number of aromatic nitrogens is 3. The maximum Gasteiger partial charge on any atom is 0.353 e. The first-order valence-electron chi connectivity index (χ1n) is 11.0. The Morgan fingerprint density at radius 3 is 2.72 bits per heavy atom. The monoisotopic (exact) mass is 462 g/mol. The minimum absolute atomic E-state index is 0.0205. The Balaban J connectivity index is 1.53. The van der Waals surface area contributed by atoms with Gasteiger partial charge in [-0.25, -0.2) is 9.48 Å². The number of thioether (sulfide) groups is 1. The summed E-state index contributed by atoms with van der Waals surface area (Å²) in [5.41, 5.74) is 0.951. The predicted molar refractivity (Wildman–Crippen MR) is 119 cm³/mol. The minimum Gasteiger partial charge on any atom is -0.477 e. The number of likely N-dealkylation sites (N-methyl/N-ethyl adjacent to an activating group) is 1. The van der Waals surface area contributed by atoms with Crippen molar-refractivity contribution in [2.75, 3.05) is 20.6 Å². The van der Waals surface area contributed by atoms with Gasteiger partial charge in [0.1, 0.15) is 5.70 Å². The molecule has 0 aliphatic carbocycles. The Hall–Kier alpha value is -2.40. The van der Waals surface area contributed by atoms with E-state index in [-0.39, 0.29) is 52.7 Å². The average molecular weight is 463 g/mol. The third-order valence-corrected chi connectivity index (χ3v) is 8.28. The van der Waals surface area contributed by atoms with Gasteiger partial charge in [0.15, 0.2) is 0 Å². The number of carboxylic acids is 1. The summed E-state index contributed by atoms with van der Waals surface area (Å²) >= 11 is 1.50. The van der Waals surface area contributed by atoms with Crippen molar-refractivity contribution in [2.24, 2.45) is 11.8 Å². The van der Waals surface area contributed by atoms with Crippen molar-refractivity contribution in [3.8, 4) is 0 Å². The van der Waals surface area contributed by atoms with Crippen LogP contribution in [0.2, 0.25) is 0 Å². The van der Waals surface area contributed by atoms with Gasteiger partial charge >= 0.3 is 5.97 Å². The molecule has 2 fully saturated rings. The maximum absolute atomic E-state index is 13.1. The molecule has 4 rings (SSSR count). The summed E-state index contributed by atoms with van der Waals surface area (Å²) in [5.74, 6) is -1.70. The topological polar surface area (TPSA) is 121 Å². The molecule has 0 bridgehead atoms. The normalized spacial score (nSPS) is 30.3. The van der Waals surface area contributed by atoms with Gasteiger partial charge in [0.25, 0.3) is 0 Å². The molecule has 32 heavy (non-hydrogen) atoms. The second-order valence-electron chi connectivity index (χ2n) is 8.98. The van der Waals surface area contributed by atoms with Gasteiger partial charge in [-0.15, -0.1) is 16.9 Å². The van der Waals surface area contributed by atoms with Crippen LogP contribution in [0.25, 0.3) is 0 Å². The molecule has 11 heteroatoms. The molecule has 4 heterocycles. The zero-order valence-electron chi connectivity index (χ0n) is 19.0. The van der Waals surface area contributed by atoms with Gasteiger partial charge in [0.05, 0.1) is 29.7 Å². The lowest BCUT2D eigenvalue weighted by atomic mass is 9.78. The molecule has 0 unspecified atom stereocenters. The highest BCUT2D eigenvalue weighted by atomic mass is 32.2. The van der Waals surface area contributed by atoms with Gasteiger partial charge in [0.2, 0.25) is 11.8 Å². The molecular weight excluding hydrogens is 432 g/mol. The number of nitrogens with one attached hydrogen (secondary N) is 1. The lowest BCUT2D eigenvalue weighted by molar-refractivity contribution is -0.159. The maximum atomic E-state index is 13.1. The van der Waals surface area contributed by atoms with Crippen LogP contribution in [0.15, 0.2) is 16.8 Å². The molecule has 6 atom stereocenters. The summed E-state index contributed by atoms with van der Waals surface area (Å²) in [6, 6.07) is -0.692. The van der Waals surface area contributed by atoms with E-state index in [0.717, 1.165) is 17.0 Å². The fourth-order valence-corrected chi connectivity index (χ4v) is 6.47. The molecule has 1 aromatic rings. The predicted octanol–water partition coefficient (Wildman–Crippen LogP) is 0.726. The summed E-state index contributed by atoms with van der Waals surface area (Å²) in [6.07, 6.45) is 3.24. The third kappa shape index (κ3) is 3.61. The van der Waals surface area contributed by atoms with Crippen molar-refractivity contribution in [2.45, 2.75) is 57.0 Å². The Morgan fingerprint density at radius 1 is 1.41 bits per heavy atom. The van der Waals surface area contributed by atoms with Crippen molar-refractivity contribution in [1.82, 2.24) is 30.1 Å². The lowest BCUT2D eigenvalue weighted by Crippen LogP contribution is -2.62. The van der Waals surface area contributed by atoms with E-state index in [1.54, 1.807) is 23.7 Å². The SMILES string of the molecule is CCc1cn([C@H](C)[C@H]2C(=O)N3C(C(=O)O)=C(S[C@@H]4CN[C@H](C(=O)N(C)C)C4)[C@H](C)[C@H]23)nn1. The highest BCUT2D eigenvalue weighted by molar-refractivity contribution is 8.03. The highest BCUT2D eigenvalue weighted by Crippen LogP contribution is 2.53. The molecule has 0 saturated carbocycles. The summed E-state index contributed by atoms with van der Waals surface area (Å²) in [6.45, 7) is 6.54. The van der Waals surface area contributed by atoms with Crippen molar-refractivity contribution in [1.29, 1.82) is 0 Å². The first kappa shape index (κ1) is 22.8. The van der Waals surface area contributed by atoms with Crippen molar-refractivity contribution in [3.63, 3.8) is 0 Å². The Morgan fingerprint density at radius 2 is 2.12 bits per heavy atom. The van der Waals surface area contributed by atoms with Crippen LogP contribution in [0.3, 0.4) is 0 Å². The van der Waals surface area contributed by atoms with E-state index >= 15 is 0 Å². The van der Waals surface area contributed by atoms with Gasteiger partial charge in [0, 0.05) is 42.9 Å². The minimum atomic E-state index is -1.08. The quantitative estimate of drug-likeness (QED) is 0.569. The number of nitrogens with zero attached hydrogens (tertiary/aromatic N) is 5. The van der Waals surface area contributed by atoms with Crippen LogP contribution in [0.4, 0.5) is 0 Å². The van der Waals surface area contributed by atoms with Crippen LogP contribution in [0, 0.1) is 11.8 Å². The van der Waals surface area contributed by atoms with Crippen LogP contribution >= 0.6 is 11.8 Å². The van der Waals surface area contributed by atoms with E-state index in [0.29, 0.717) is 13.0 Å². The number of carbonyl (C=O) groups is 3. The zero-order valence-corrected chi connectivity index (χ0v) is 19.8. The number of aliphatic carboxylic acids is 1. The Labute approximate surface area is 191 Å². The zero-order chi connectivity index (χ0) is 23.3. The molecule has 174 valence electrons. The molecule has 3 aliphatic heterocycles. The van der Waals surface area contributed by atoms with Gasteiger partial charge < -0.3 is 20.2 Å². The molecule has 2 amide bonds. The van der Waals surface area contributed by atoms with Crippen LogP contribution < -0.4 is 5.32 Å². The summed E-state index contributed by atoms with van der Waals surface area (Å²) in [4.78, 5) is 41.3. The Kier molecular flexibility index (Phi) is 6.06. The van der Waals surface area contributed by atoms with E-state index in [9.17, 15) is 19.5 Å². The molecule has 0 aromatic carbocycles. The molecule has 0 radical (unpaired) electrons. The molecule has 10 nitrogen and oxygen atoms in total. The number of hydrogen-bond acceptors (Lipinski definition) is 7. The number of amides is 2. The van der Waals surface area contributed by atoms with E-state index < -0.39 is 5.97 Å². The number of hydrogen-bond donors (Lipinski definition) is 2. The van der Waals surface area contributed by atoms with Crippen LogP contribution in [0.5, 0.6) is 0 Å². The number of carboxylic acid groups (broad SMARTS) is 1. The van der Waals surface area contributed by atoms with Crippen molar-refractivity contribution >= 4 is 29.5 Å². The Bertz CT molecular complexity index is 975. The molecular formula is C21H30N6O4S. The standard InChI is InChI=1S/C21H30N6O4S/c1-6-12-9-26(24-23-12)11(3)15-16-10(2)18(17(21(30)31)27(16)20(15)29)32-13-7-14(22-8-13)19(28)25(4)5/h9-11,13-16,22H,6-8H2,1-5H3,(H,30,31)/t10-,11-,13+,14+,15-,16-/m1/s1. The van der Waals surface area contributed by atoms with Gasteiger partial charge in [-0.2, -0.15) is 0 Å². The first-order chi connectivity index (χ1) is 15.1. The lowest BCUT2D eigenvalue weighted by Gasteiger charge is -2.47. The van der Waals surface area contributed by atoms with Crippen molar-refractivity contribution < 1.29 is 19.5 Å². The second-order valence-corrected chi connectivity index (χ2v) is 10.3. The van der Waals surface area contributed by atoms with Crippen LogP contribution in [0.1, 0.15) is 38.9 Å². The number of rotatable bonds is 7. The fourth-order valence-electron chi connectivity index (χ4n) is 4.99. The van der Waals surface area contributed by atoms with Gasteiger partial charge in [-0.1, -0.05) is 19.1 Å². The summed E-state index contributed by atoms with van der Waals surface area (Å²) < 4.78 is 1.72. The van der Waals surface area contributed by atoms with E-state index in [1.165, 1.54) is 16.7 Å².